The molecule has 86 valence electrons. The summed E-state index contributed by atoms with van der Waals surface area (Å²) in [7, 11) is 0. The molecule has 3 rings (SSSR count). The summed E-state index contributed by atoms with van der Waals surface area (Å²) in [5, 5.41) is 0. The smallest absolute Gasteiger partial charge is 0.0606 e. The molecule has 1 nitrogen and oxygen atoms in total. The largest absolute Gasteiger partial charge is 0.378 e. The molecule has 0 radical (unpaired) electrons. The molecule has 3 aliphatic rings. The first kappa shape index (κ1) is 10.1. The van der Waals surface area contributed by atoms with Crippen LogP contribution in [-0.2, 0) is 4.74 Å². The van der Waals surface area contributed by atoms with E-state index in [0.29, 0.717) is 6.10 Å². The van der Waals surface area contributed by atoms with Gasteiger partial charge in [0.05, 0.1) is 6.10 Å². The van der Waals surface area contributed by atoms with E-state index >= 15 is 0 Å². The van der Waals surface area contributed by atoms with Crippen LogP contribution in [0, 0.1) is 17.8 Å². The fraction of sp³-hybridized carbons (Fsp3) is 1.00. The van der Waals surface area contributed by atoms with Crippen LogP contribution in [0.1, 0.15) is 57.8 Å². The molecule has 0 bridgehead atoms. The van der Waals surface area contributed by atoms with Crippen LogP contribution in [0.5, 0.6) is 0 Å². The summed E-state index contributed by atoms with van der Waals surface area (Å²) in [4.78, 5) is 0. The lowest BCUT2D eigenvalue weighted by Gasteiger charge is -2.44. The molecule has 0 spiro atoms. The second-order valence-corrected chi connectivity index (χ2v) is 5.85. The molecule has 4 unspecified atom stereocenters. The molecule has 1 heterocycles. The molecule has 1 saturated heterocycles. The van der Waals surface area contributed by atoms with E-state index in [9.17, 15) is 0 Å². The van der Waals surface area contributed by atoms with Gasteiger partial charge in [0.2, 0.25) is 0 Å². The summed E-state index contributed by atoms with van der Waals surface area (Å²) in [5.41, 5.74) is 0. The first-order valence-electron chi connectivity index (χ1n) is 7.07. The van der Waals surface area contributed by atoms with Crippen molar-refractivity contribution >= 4 is 0 Å². The van der Waals surface area contributed by atoms with Crippen LogP contribution in [0.4, 0.5) is 0 Å². The molecule has 1 aliphatic heterocycles. The minimum atomic E-state index is 0.645. The van der Waals surface area contributed by atoms with Gasteiger partial charge in [-0.1, -0.05) is 25.7 Å². The van der Waals surface area contributed by atoms with Crippen LogP contribution >= 0.6 is 0 Å². The number of hydrogen-bond acceptors (Lipinski definition) is 1. The van der Waals surface area contributed by atoms with Gasteiger partial charge in [0.1, 0.15) is 0 Å². The lowest BCUT2D eigenvalue weighted by atomic mass is 9.63. The fourth-order valence-corrected chi connectivity index (χ4v) is 4.35. The third-order valence-electron chi connectivity index (χ3n) is 5.08. The quantitative estimate of drug-likeness (QED) is 0.589. The van der Waals surface area contributed by atoms with Gasteiger partial charge in [0.15, 0.2) is 0 Å². The van der Waals surface area contributed by atoms with Gasteiger partial charge >= 0.3 is 0 Å². The van der Waals surface area contributed by atoms with Crippen molar-refractivity contribution < 1.29 is 4.74 Å². The molecule has 0 aromatic carbocycles. The Hall–Kier alpha value is -0.0400. The van der Waals surface area contributed by atoms with E-state index in [2.05, 4.69) is 0 Å². The summed E-state index contributed by atoms with van der Waals surface area (Å²) in [6, 6.07) is 0. The normalized spacial score (nSPS) is 46.4. The van der Waals surface area contributed by atoms with Crippen LogP contribution < -0.4 is 0 Å². The second kappa shape index (κ2) is 4.45. The Balaban J connectivity index is 1.74. The molecule has 2 saturated carbocycles. The average Bonchev–Trinajstić information content (AvgIpc) is 2.54. The van der Waals surface area contributed by atoms with Gasteiger partial charge in [-0.15, -0.1) is 0 Å². The summed E-state index contributed by atoms with van der Waals surface area (Å²) in [6.07, 6.45) is 13.7. The highest BCUT2D eigenvalue weighted by atomic mass is 16.5. The van der Waals surface area contributed by atoms with Crippen LogP contribution in [0.15, 0.2) is 0 Å². The highest BCUT2D eigenvalue weighted by molar-refractivity contribution is 4.91. The van der Waals surface area contributed by atoms with E-state index in [0.717, 1.165) is 24.4 Å². The Morgan fingerprint density at radius 2 is 1.47 bits per heavy atom. The Bertz CT molecular complexity index is 213. The van der Waals surface area contributed by atoms with Gasteiger partial charge in [0, 0.05) is 6.61 Å². The van der Waals surface area contributed by atoms with E-state index in [-0.39, 0.29) is 0 Å². The fourth-order valence-electron chi connectivity index (χ4n) is 4.35. The zero-order chi connectivity index (χ0) is 10.1. The number of hydrogen-bond donors (Lipinski definition) is 0. The van der Waals surface area contributed by atoms with Gasteiger partial charge in [-0.2, -0.15) is 0 Å². The maximum absolute atomic E-state index is 6.06. The predicted molar refractivity (Wildman–Crippen MR) is 61.8 cm³/mol. The van der Waals surface area contributed by atoms with Crippen LogP contribution in [0.25, 0.3) is 0 Å². The third-order valence-corrected chi connectivity index (χ3v) is 5.08. The number of ether oxygens (including phenoxy) is 1. The predicted octanol–water partition coefficient (Wildman–Crippen LogP) is 3.77. The van der Waals surface area contributed by atoms with E-state index < -0.39 is 0 Å². The van der Waals surface area contributed by atoms with Crippen LogP contribution in [0.3, 0.4) is 0 Å². The minimum absolute atomic E-state index is 0.645. The third kappa shape index (κ3) is 1.95. The van der Waals surface area contributed by atoms with Crippen molar-refractivity contribution in [2.45, 2.75) is 63.9 Å². The molecular formula is C14H24O. The van der Waals surface area contributed by atoms with Gasteiger partial charge < -0.3 is 4.74 Å². The molecule has 0 N–H and O–H groups in total. The molecule has 0 aromatic heterocycles. The Morgan fingerprint density at radius 1 is 0.667 bits per heavy atom. The monoisotopic (exact) mass is 208 g/mol. The lowest BCUT2D eigenvalue weighted by Crippen LogP contribution is -2.40. The van der Waals surface area contributed by atoms with Gasteiger partial charge in [-0.05, 0) is 49.9 Å². The van der Waals surface area contributed by atoms with E-state index in [1.54, 1.807) is 0 Å². The maximum Gasteiger partial charge on any atom is 0.0606 e. The SMILES string of the molecule is C1CCC2C(CCC3CCCCC32)OC1. The van der Waals surface area contributed by atoms with Crippen molar-refractivity contribution in [3.05, 3.63) is 0 Å². The van der Waals surface area contributed by atoms with Gasteiger partial charge in [-0.3, -0.25) is 0 Å². The first-order valence-corrected chi connectivity index (χ1v) is 7.07. The summed E-state index contributed by atoms with van der Waals surface area (Å²) >= 11 is 0. The molecule has 15 heavy (non-hydrogen) atoms. The Morgan fingerprint density at radius 3 is 2.47 bits per heavy atom. The summed E-state index contributed by atoms with van der Waals surface area (Å²) < 4.78 is 6.06. The zero-order valence-electron chi connectivity index (χ0n) is 9.79. The number of fused-ring (bicyclic) bond motifs is 3. The summed E-state index contributed by atoms with van der Waals surface area (Å²) in [6.45, 7) is 1.04. The van der Waals surface area contributed by atoms with Crippen LogP contribution in [0.2, 0.25) is 0 Å². The first-order chi connectivity index (χ1) is 7.45. The topological polar surface area (TPSA) is 9.23 Å². The standard InChI is InChI=1S/C14H24O/c1-2-6-12-11(5-1)8-9-14-13(12)7-3-4-10-15-14/h11-14H,1-10H2. The molecule has 4 atom stereocenters. The van der Waals surface area contributed by atoms with Crippen molar-refractivity contribution in [2.75, 3.05) is 6.61 Å². The second-order valence-electron chi connectivity index (χ2n) is 5.85. The molecule has 1 heteroatoms. The van der Waals surface area contributed by atoms with Crippen LogP contribution in [-0.4, -0.2) is 12.7 Å². The molecule has 3 fully saturated rings. The average molecular weight is 208 g/mol. The lowest BCUT2D eigenvalue weighted by molar-refractivity contribution is -0.0518. The molecular weight excluding hydrogens is 184 g/mol. The summed E-state index contributed by atoms with van der Waals surface area (Å²) in [5.74, 6) is 3.05. The van der Waals surface area contributed by atoms with Crippen molar-refractivity contribution in [2.24, 2.45) is 17.8 Å². The van der Waals surface area contributed by atoms with E-state index in [4.69, 9.17) is 4.74 Å². The Kier molecular flexibility index (Phi) is 3.01. The zero-order valence-corrected chi connectivity index (χ0v) is 9.79. The van der Waals surface area contributed by atoms with Gasteiger partial charge in [0.25, 0.3) is 0 Å². The van der Waals surface area contributed by atoms with Gasteiger partial charge in [-0.25, -0.2) is 0 Å². The maximum atomic E-state index is 6.06. The van der Waals surface area contributed by atoms with E-state index in [1.165, 1.54) is 57.8 Å². The Labute approximate surface area is 93.6 Å². The van der Waals surface area contributed by atoms with Crippen molar-refractivity contribution in [1.82, 2.24) is 0 Å². The van der Waals surface area contributed by atoms with Crippen molar-refractivity contribution in [1.29, 1.82) is 0 Å². The highest BCUT2D eigenvalue weighted by Gasteiger charge is 2.40. The molecule has 0 aromatic rings. The minimum Gasteiger partial charge on any atom is -0.378 e. The highest BCUT2D eigenvalue weighted by Crippen LogP contribution is 2.47. The van der Waals surface area contributed by atoms with Crippen molar-refractivity contribution in [3.63, 3.8) is 0 Å². The molecule has 2 aliphatic carbocycles. The molecule has 0 amide bonds. The number of rotatable bonds is 0. The van der Waals surface area contributed by atoms with Crippen molar-refractivity contribution in [3.8, 4) is 0 Å². The van der Waals surface area contributed by atoms with E-state index in [1.807, 2.05) is 0 Å².